The summed E-state index contributed by atoms with van der Waals surface area (Å²) in [7, 11) is 0. The highest BCUT2D eigenvalue weighted by Crippen LogP contribution is 2.18. The Hall–Kier alpha value is -3.97. The van der Waals surface area contributed by atoms with Gasteiger partial charge in [0.05, 0.1) is 12.6 Å². The van der Waals surface area contributed by atoms with Crippen LogP contribution in [0.4, 0.5) is 0 Å². The van der Waals surface area contributed by atoms with Crippen molar-refractivity contribution in [1.82, 2.24) is 20.9 Å². The summed E-state index contributed by atoms with van der Waals surface area (Å²) in [6.07, 6.45) is 1.59. The van der Waals surface area contributed by atoms with Gasteiger partial charge in [-0.2, -0.15) is 0 Å². The molecule has 38 heavy (non-hydrogen) atoms. The number of H-pyrrole nitrogens is 1. The van der Waals surface area contributed by atoms with Gasteiger partial charge in [0.1, 0.15) is 18.1 Å². The van der Waals surface area contributed by atoms with Gasteiger partial charge in [-0.1, -0.05) is 32.0 Å². The topological polar surface area (TPSA) is 230 Å². The van der Waals surface area contributed by atoms with Crippen LogP contribution in [-0.2, 0) is 30.4 Å². The zero-order chi connectivity index (χ0) is 28.4. The van der Waals surface area contributed by atoms with Gasteiger partial charge in [0.15, 0.2) is 0 Å². The second kappa shape index (κ2) is 14.1. The van der Waals surface area contributed by atoms with Crippen LogP contribution in [0.15, 0.2) is 30.5 Å². The van der Waals surface area contributed by atoms with Gasteiger partial charge in [0, 0.05) is 23.5 Å². The summed E-state index contributed by atoms with van der Waals surface area (Å²) in [6.45, 7) is 2.83. The molecule has 4 amide bonds. The van der Waals surface area contributed by atoms with Crippen molar-refractivity contribution in [2.24, 2.45) is 17.4 Å². The largest absolute Gasteiger partial charge is 0.480 e. The first-order valence-corrected chi connectivity index (χ1v) is 12.3. The molecule has 2 rings (SSSR count). The smallest absolute Gasteiger partial charge is 0.326 e. The van der Waals surface area contributed by atoms with Gasteiger partial charge in [-0.05, 0) is 36.8 Å². The van der Waals surface area contributed by atoms with Crippen LogP contribution in [0, 0.1) is 5.92 Å². The van der Waals surface area contributed by atoms with Crippen molar-refractivity contribution in [1.29, 1.82) is 0 Å². The second-order valence-electron chi connectivity index (χ2n) is 9.51. The Morgan fingerprint density at radius 2 is 1.55 bits per heavy atom. The number of carbonyl (C=O) groups excluding carboxylic acids is 4. The number of carbonyl (C=O) groups is 5. The maximum atomic E-state index is 12.9. The molecule has 0 bridgehead atoms. The fourth-order valence-corrected chi connectivity index (χ4v) is 3.89. The number of aliphatic carboxylic acids is 1. The van der Waals surface area contributed by atoms with Gasteiger partial charge in [-0.25, -0.2) is 4.79 Å². The molecule has 0 saturated carbocycles. The van der Waals surface area contributed by atoms with Gasteiger partial charge in [-0.3, -0.25) is 19.2 Å². The number of aliphatic hydroxyl groups excluding tert-OH is 1. The van der Waals surface area contributed by atoms with Gasteiger partial charge < -0.3 is 42.6 Å². The number of fused-ring (bicyclic) bond motifs is 1. The summed E-state index contributed by atoms with van der Waals surface area (Å²) in [4.78, 5) is 64.0. The molecule has 0 aliphatic rings. The SMILES string of the molecule is CC(C)CC(NC(=O)C(CO)NC(=O)C(N)Cc1c[nH]c2ccccc12)C(=O)NC(CCC(N)=O)C(=O)O. The number of hydrogen-bond donors (Lipinski definition) is 8. The van der Waals surface area contributed by atoms with E-state index in [1.807, 2.05) is 24.3 Å². The Kier molecular flexibility index (Phi) is 11.2. The number of nitrogens with one attached hydrogen (secondary N) is 4. The normalized spacial score (nSPS) is 14.3. The molecule has 13 heteroatoms. The van der Waals surface area contributed by atoms with Crippen molar-refractivity contribution >= 4 is 40.5 Å². The van der Waals surface area contributed by atoms with Crippen LogP contribution in [0.1, 0.15) is 38.7 Å². The first kappa shape index (κ1) is 30.3. The predicted octanol–water partition coefficient (Wildman–Crippen LogP) is -1.12. The van der Waals surface area contributed by atoms with E-state index in [4.69, 9.17) is 11.5 Å². The summed E-state index contributed by atoms with van der Waals surface area (Å²) in [5.41, 5.74) is 12.8. The number of benzene rings is 1. The van der Waals surface area contributed by atoms with E-state index in [0.717, 1.165) is 16.5 Å². The van der Waals surface area contributed by atoms with E-state index >= 15 is 0 Å². The highest BCUT2D eigenvalue weighted by atomic mass is 16.4. The standard InChI is InChI=1S/C25H36N6O7/c1-13(2)9-19(23(35)29-18(25(37)38)7-8-21(27)33)30-24(36)20(12-32)31-22(34)16(26)10-14-11-28-17-6-4-3-5-15(14)17/h3-6,11,13,16,18-20,28,32H,7-10,12,26H2,1-2H3,(H2,27,33)(H,29,35)(H,30,36)(H,31,34)(H,37,38). The lowest BCUT2D eigenvalue weighted by molar-refractivity contribution is -0.142. The lowest BCUT2D eigenvalue weighted by Crippen LogP contribution is -2.58. The summed E-state index contributed by atoms with van der Waals surface area (Å²) in [5.74, 6) is -4.47. The lowest BCUT2D eigenvalue weighted by Gasteiger charge is -2.25. The molecule has 0 aliphatic carbocycles. The van der Waals surface area contributed by atoms with Crippen molar-refractivity contribution in [3.05, 3.63) is 36.0 Å². The summed E-state index contributed by atoms with van der Waals surface area (Å²) in [5, 5.41) is 27.2. The van der Waals surface area contributed by atoms with Crippen LogP contribution in [0.25, 0.3) is 10.9 Å². The van der Waals surface area contributed by atoms with E-state index in [9.17, 15) is 34.2 Å². The van der Waals surface area contributed by atoms with Crippen LogP contribution in [0.3, 0.4) is 0 Å². The first-order valence-electron chi connectivity index (χ1n) is 12.3. The number of nitrogens with two attached hydrogens (primary N) is 2. The number of carboxylic acid groups (broad SMARTS) is 1. The van der Waals surface area contributed by atoms with Gasteiger partial charge >= 0.3 is 5.97 Å². The molecule has 1 aromatic carbocycles. The molecule has 13 nitrogen and oxygen atoms in total. The van der Waals surface area contributed by atoms with Crippen LogP contribution in [0.2, 0.25) is 0 Å². The molecular weight excluding hydrogens is 496 g/mol. The van der Waals surface area contributed by atoms with Crippen molar-refractivity contribution in [3.63, 3.8) is 0 Å². The maximum Gasteiger partial charge on any atom is 0.326 e. The molecule has 0 fully saturated rings. The minimum atomic E-state index is -1.40. The molecular formula is C25H36N6O7. The second-order valence-corrected chi connectivity index (χ2v) is 9.51. The average Bonchev–Trinajstić information content (AvgIpc) is 3.26. The third-order valence-corrected chi connectivity index (χ3v) is 5.90. The summed E-state index contributed by atoms with van der Waals surface area (Å²) >= 11 is 0. The first-order chi connectivity index (χ1) is 17.9. The van der Waals surface area contributed by atoms with Gasteiger partial charge in [0.2, 0.25) is 23.6 Å². The molecule has 208 valence electrons. The third kappa shape index (κ3) is 8.85. The summed E-state index contributed by atoms with van der Waals surface area (Å²) < 4.78 is 0. The number of aromatic amines is 1. The number of rotatable bonds is 15. The van der Waals surface area contributed by atoms with Crippen LogP contribution < -0.4 is 27.4 Å². The summed E-state index contributed by atoms with van der Waals surface area (Å²) in [6, 6.07) is 2.53. The zero-order valence-electron chi connectivity index (χ0n) is 21.4. The molecule has 2 aromatic rings. The van der Waals surface area contributed by atoms with Crippen LogP contribution >= 0.6 is 0 Å². The molecule has 4 atom stereocenters. The van der Waals surface area contributed by atoms with Gasteiger partial charge in [-0.15, -0.1) is 0 Å². The third-order valence-electron chi connectivity index (χ3n) is 5.90. The maximum absolute atomic E-state index is 12.9. The van der Waals surface area contributed by atoms with Crippen molar-refractivity contribution in [2.45, 2.75) is 63.7 Å². The molecule has 1 aromatic heterocycles. The minimum Gasteiger partial charge on any atom is -0.480 e. The highest BCUT2D eigenvalue weighted by molar-refractivity contribution is 5.94. The molecule has 0 aliphatic heterocycles. The fourth-order valence-electron chi connectivity index (χ4n) is 3.89. The van der Waals surface area contributed by atoms with Crippen molar-refractivity contribution in [2.75, 3.05) is 6.61 Å². The Balaban J connectivity index is 2.04. The number of amides is 4. The zero-order valence-corrected chi connectivity index (χ0v) is 21.4. The Morgan fingerprint density at radius 3 is 2.16 bits per heavy atom. The number of carboxylic acids is 1. The molecule has 10 N–H and O–H groups in total. The fraction of sp³-hybridized carbons (Fsp3) is 0.480. The van der Waals surface area contributed by atoms with E-state index in [-0.39, 0.29) is 31.6 Å². The quantitative estimate of drug-likeness (QED) is 0.140. The van der Waals surface area contributed by atoms with E-state index in [0.29, 0.717) is 0 Å². The number of hydrogen-bond acceptors (Lipinski definition) is 7. The molecule has 0 spiro atoms. The molecule has 0 radical (unpaired) electrons. The highest BCUT2D eigenvalue weighted by Gasteiger charge is 2.30. The monoisotopic (exact) mass is 532 g/mol. The van der Waals surface area contributed by atoms with E-state index in [2.05, 4.69) is 20.9 Å². The Bertz CT molecular complexity index is 1150. The molecule has 0 saturated heterocycles. The number of aromatic nitrogens is 1. The Morgan fingerprint density at radius 1 is 0.947 bits per heavy atom. The van der Waals surface area contributed by atoms with Crippen molar-refractivity contribution in [3.8, 4) is 0 Å². The molecule has 4 unspecified atom stereocenters. The predicted molar refractivity (Wildman–Crippen MR) is 138 cm³/mol. The van der Waals surface area contributed by atoms with Gasteiger partial charge in [0.25, 0.3) is 0 Å². The van der Waals surface area contributed by atoms with Crippen LogP contribution in [-0.4, -0.2) is 75.6 Å². The van der Waals surface area contributed by atoms with Crippen molar-refractivity contribution < 1.29 is 34.2 Å². The van der Waals surface area contributed by atoms with E-state index in [1.54, 1.807) is 20.0 Å². The van der Waals surface area contributed by atoms with Crippen LogP contribution in [0.5, 0.6) is 0 Å². The lowest BCUT2D eigenvalue weighted by atomic mass is 10.0. The number of primary amides is 1. The minimum absolute atomic E-state index is 0.0771. The number of aliphatic hydroxyl groups is 1. The van der Waals surface area contributed by atoms with E-state index in [1.165, 1.54) is 0 Å². The van der Waals surface area contributed by atoms with E-state index < -0.39 is 60.4 Å². The molecule has 1 heterocycles. The number of para-hydroxylation sites is 1. The average molecular weight is 533 g/mol. The Labute approximate surface area is 219 Å².